The lowest BCUT2D eigenvalue weighted by molar-refractivity contribution is 0.558. The van der Waals surface area contributed by atoms with E-state index in [1.54, 1.807) is 0 Å². The Morgan fingerprint density at radius 1 is 0.565 bits per heavy atom. The first-order valence-corrected chi connectivity index (χ1v) is 15.4. The Kier molecular flexibility index (Phi) is 4.54. The van der Waals surface area contributed by atoms with Gasteiger partial charge in [-0.3, -0.25) is 4.57 Å². The van der Waals surface area contributed by atoms with Crippen molar-refractivity contribution in [2.24, 2.45) is 0 Å². The number of nitrogens with zero attached hydrogens (tertiary/aromatic N) is 4. The summed E-state index contributed by atoms with van der Waals surface area (Å²) >= 11 is 0. The molecule has 0 aliphatic heterocycles. The second kappa shape index (κ2) is 8.67. The Morgan fingerprint density at radius 3 is 2.22 bits per heavy atom. The van der Waals surface area contributed by atoms with Crippen molar-refractivity contribution in [2.45, 2.75) is 5.92 Å². The number of allylic oxidation sites excluding steroid dienone is 3. The Balaban J connectivity index is 1.22. The lowest BCUT2D eigenvalue weighted by atomic mass is 10.0. The summed E-state index contributed by atoms with van der Waals surface area (Å²) in [5.41, 5.74) is 8.68. The SMILES string of the molecule is C1=Cc2c(oc3c2ccc2c4ccccc4n(-c4nc(-c5ccccc5)nc(-c5ccc6c(c5)oc5ccccc56)n4)c23)[C@H]2C=C12. The van der Waals surface area contributed by atoms with Crippen LogP contribution in [0.5, 0.6) is 0 Å². The van der Waals surface area contributed by atoms with E-state index in [9.17, 15) is 0 Å². The van der Waals surface area contributed by atoms with Crippen molar-refractivity contribution in [3.8, 4) is 28.7 Å². The third-order valence-electron chi connectivity index (χ3n) is 9.38. The van der Waals surface area contributed by atoms with Crippen LogP contribution in [0.1, 0.15) is 17.2 Å². The fourth-order valence-corrected chi connectivity index (χ4v) is 7.14. The molecule has 0 saturated heterocycles. The molecule has 9 aromatic rings. The molecule has 4 heterocycles. The van der Waals surface area contributed by atoms with Crippen LogP contribution in [-0.4, -0.2) is 19.5 Å². The number of hydrogen-bond donors (Lipinski definition) is 0. The zero-order valence-corrected chi connectivity index (χ0v) is 24.3. The molecular formula is C40H22N4O2. The fraction of sp³-hybridized carbons (Fsp3) is 0.0250. The predicted octanol–water partition coefficient (Wildman–Crippen LogP) is 10.00. The van der Waals surface area contributed by atoms with Gasteiger partial charge in [0.15, 0.2) is 17.2 Å². The van der Waals surface area contributed by atoms with Gasteiger partial charge in [0.25, 0.3) is 0 Å². The Hall–Kier alpha value is -6.27. The van der Waals surface area contributed by atoms with E-state index in [0.29, 0.717) is 17.6 Å². The summed E-state index contributed by atoms with van der Waals surface area (Å²) in [7, 11) is 0. The number of rotatable bonds is 3. The third kappa shape index (κ3) is 3.27. The Morgan fingerprint density at radius 2 is 1.30 bits per heavy atom. The quantitative estimate of drug-likeness (QED) is 0.205. The zero-order valence-electron chi connectivity index (χ0n) is 24.3. The molecule has 2 aliphatic carbocycles. The van der Waals surface area contributed by atoms with Crippen LogP contribution in [0, 0.1) is 0 Å². The first-order valence-electron chi connectivity index (χ1n) is 15.4. The number of furan rings is 2. The van der Waals surface area contributed by atoms with Gasteiger partial charge in [-0.25, -0.2) is 4.98 Å². The first-order chi connectivity index (χ1) is 22.8. The summed E-state index contributed by atoms with van der Waals surface area (Å²) in [6.45, 7) is 0. The minimum absolute atomic E-state index is 0.266. The number of aromatic nitrogens is 4. The van der Waals surface area contributed by atoms with Crippen LogP contribution in [0.25, 0.3) is 89.5 Å². The van der Waals surface area contributed by atoms with E-state index in [-0.39, 0.29) is 5.92 Å². The van der Waals surface area contributed by atoms with E-state index in [1.165, 1.54) is 5.57 Å². The van der Waals surface area contributed by atoms with Crippen LogP contribution in [0.4, 0.5) is 0 Å². The van der Waals surface area contributed by atoms with E-state index < -0.39 is 0 Å². The van der Waals surface area contributed by atoms with Crippen molar-refractivity contribution < 1.29 is 8.83 Å². The maximum atomic E-state index is 6.75. The molecule has 11 rings (SSSR count). The van der Waals surface area contributed by atoms with E-state index in [2.05, 4.69) is 77.4 Å². The van der Waals surface area contributed by atoms with Crippen molar-refractivity contribution >= 4 is 60.8 Å². The second-order valence-corrected chi connectivity index (χ2v) is 12.0. The molecule has 2 aliphatic rings. The van der Waals surface area contributed by atoms with Gasteiger partial charge < -0.3 is 8.83 Å². The van der Waals surface area contributed by atoms with Crippen LogP contribution in [0.2, 0.25) is 0 Å². The third-order valence-corrected chi connectivity index (χ3v) is 9.38. The molecule has 46 heavy (non-hydrogen) atoms. The van der Waals surface area contributed by atoms with Crippen LogP contribution in [0.3, 0.4) is 0 Å². The molecule has 0 spiro atoms. The first kappa shape index (κ1) is 24.1. The summed E-state index contributed by atoms with van der Waals surface area (Å²) in [6, 6.07) is 37.1. The van der Waals surface area contributed by atoms with Crippen molar-refractivity contribution in [1.82, 2.24) is 19.5 Å². The lowest BCUT2D eigenvalue weighted by Crippen LogP contribution is -2.06. The standard InChI is InChI=1S/C40H22N4O2/c1-2-8-22(9-3-1)38-41-39(24-15-16-27-26-11-5-7-13-33(26)45-34(27)21-24)43-40(42-38)44-32-12-6-4-10-25(32)28-18-19-30-29-17-14-23-20-31(23)36(29)46-37(30)35(28)44/h1-21,31H/t31-/m0/s1. The molecular weight excluding hydrogens is 568 g/mol. The van der Waals surface area contributed by atoms with Crippen LogP contribution in [-0.2, 0) is 0 Å². The largest absolute Gasteiger partial charge is 0.457 e. The van der Waals surface area contributed by atoms with Gasteiger partial charge in [0.05, 0.1) is 11.4 Å². The molecule has 214 valence electrons. The average molecular weight is 591 g/mol. The van der Waals surface area contributed by atoms with Gasteiger partial charge in [0.2, 0.25) is 5.95 Å². The molecule has 0 bridgehead atoms. The monoisotopic (exact) mass is 590 g/mol. The van der Waals surface area contributed by atoms with Gasteiger partial charge in [0, 0.05) is 43.6 Å². The molecule has 1 atom stereocenters. The van der Waals surface area contributed by atoms with Gasteiger partial charge in [-0.05, 0) is 35.9 Å². The van der Waals surface area contributed by atoms with Crippen LogP contribution in [0.15, 0.2) is 136 Å². The van der Waals surface area contributed by atoms with E-state index >= 15 is 0 Å². The highest BCUT2D eigenvalue weighted by Crippen LogP contribution is 2.50. The summed E-state index contributed by atoms with van der Waals surface area (Å²) in [5.74, 6) is 2.97. The van der Waals surface area contributed by atoms with E-state index in [0.717, 1.165) is 77.2 Å². The van der Waals surface area contributed by atoms with Crippen molar-refractivity contribution in [2.75, 3.05) is 0 Å². The number of fused-ring (bicyclic) bond motifs is 12. The summed E-state index contributed by atoms with van der Waals surface area (Å²) in [5, 5.41) is 5.45. The molecule has 0 amide bonds. The van der Waals surface area contributed by atoms with Gasteiger partial charge >= 0.3 is 0 Å². The molecule has 4 aromatic heterocycles. The smallest absolute Gasteiger partial charge is 0.238 e. The Labute approximate surface area is 261 Å². The van der Waals surface area contributed by atoms with Crippen molar-refractivity contribution in [3.05, 3.63) is 138 Å². The minimum atomic E-state index is 0.266. The summed E-state index contributed by atoms with van der Waals surface area (Å²) < 4.78 is 15.1. The van der Waals surface area contributed by atoms with Gasteiger partial charge in [-0.15, -0.1) is 0 Å². The molecule has 0 radical (unpaired) electrons. The molecule has 6 nitrogen and oxygen atoms in total. The van der Waals surface area contributed by atoms with Gasteiger partial charge in [0.1, 0.15) is 22.4 Å². The summed E-state index contributed by atoms with van der Waals surface area (Å²) in [4.78, 5) is 15.3. The predicted molar refractivity (Wildman–Crippen MR) is 182 cm³/mol. The Bertz CT molecular complexity index is 2810. The number of para-hydroxylation sites is 2. The molecule has 6 heteroatoms. The van der Waals surface area contributed by atoms with Crippen LogP contribution >= 0.6 is 0 Å². The zero-order chi connectivity index (χ0) is 29.9. The van der Waals surface area contributed by atoms with Gasteiger partial charge in [-0.2, -0.15) is 9.97 Å². The van der Waals surface area contributed by atoms with Gasteiger partial charge in [-0.1, -0.05) is 97.1 Å². The maximum Gasteiger partial charge on any atom is 0.238 e. The van der Waals surface area contributed by atoms with E-state index in [1.807, 2.05) is 54.6 Å². The number of benzene rings is 5. The second-order valence-electron chi connectivity index (χ2n) is 12.0. The maximum absolute atomic E-state index is 6.75. The highest BCUT2D eigenvalue weighted by molar-refractivity contribution is 6.18. The van der Waals surface area contributed by atoms with E-state index in [4.69, 9.17) is 23.8 Å². The highest BCUT2D eigenvalue weighted by Gasteiger charge is 2.34. The molecule has 0 saturated carbocycles. The number of hydrogen-bond acceptors (Lipinski definition) is 5. The fourth-order valence-electron chi connectivity index (χ4n) is 7.14. The normalized spacial score (nSPS) is 15.2. The minimum Gasteiger partial charge on any atom is -0.457 e. The summed E-state index contributed by atoms with van der Waals surface area (Å²) in [6.07, 6.45) is 6.63. The molecule has 0 fully saturated rings. The van der Waals surface area contributed by atoms with Crippen molar-refractivity contribution in [1.29, 1.82) is 0 Å². The molecule has 0 unspecified atom stereocenters. The lowest BCUT2D eigenvalue weighted by Gasteiger charge is -2.11. The van der Waals surface area contributed by atoms with Crippen molar-refractivity contribution in [3.63, 3.8) is 0 Å². The molecule has 5 aromatic carbocycles. The molecule has 0 N–H and O–H groups in total. The average Bonchev–Trinajstić information content (AvgIpc) is 3.51. The van der Waals surface area contributed by atoms with Crippen LogP contribution < -0.4 is 0 Å². The highest BCUT2D eigenvalue weighted by atomic mass is 16.3. The topological polar surface area (TPSA) is 69.9 Å².